The van der Waals surface area contributed by atoms with Crippen LogP contribution in [0.3, 0.4) is 0 Å². The molecule has 11 heteroatoms. The summed E-state index contributed by atoms with van der Waals surface area (Å²) in [4.78, 5) is 40.1. The Balaban J connectivity index is 1.31. The van der Waals surface area contributed by atoms with Gasteiger partial charge in [0.1, 0.15) is 40.6 Å². The van der Waals surface area contributed by atoms with E-state index in [1.807, 2.05) is 26.0 Å². The molecule has 0 bridgehead atoms. The number of rotatable bonds is 8. The van der Waals surface area contributed by atoms with E-state index in [2.05, 4.69) is 15.3 Å². The SMILES string of the molecule is CCC(CN1CC(C)OC1=O)c1nc(-c2ccc(C(=O)Nc3cc(C4CC4)ccn3)cc2F)c2c(N)nccn12. The van der Waals surface area contributed by atoms with Gasteiger partial charge in [0.15, 0.2) is 0 Å². The van der Waals surface area contributed by atoms with Crippen LogP contribution in [0.2, 0.25) is 0 Å². The number of pyridine rings is 1. The van der Waals surface area contributed by atoms with Gasteiger partial charge < -0.3 is 20.7 Å². The molecule has 4 heterocycles. The van der Waals surface area contributed by atoms with Crippen LogP contribution in [0.25, 0.3) is 16.8 Å². The monoisotopic (exact) mass is 543 g/mol. The number of fused-ring (bicyclic) bond motifs is 1. The van der Waals surface area contributed by atoms with Crippen molar-refractivity contribution in [2.45, 2.75) is 51.0 Å². The molecule has 3 N–H and O–H groups in total. The highest BCUT2D eigenvalue weighted by Gasteiger charge is 2.32. The first kappa shape index (κ1) is 25.7. The van der Waals surface area contributed by atoms with Crippen molar-refractivity contribution in [2.24, 2.45) is 0 Å². The average Bonchev–Trinajstić information content (AvgIpc) is 3.65. The van der Waals surface area contributed by atoms with Gasteiger partial charge in [-0.1, -0.05) is 6.92 Å². The number of nitrogens with two attached hydrogens (primary N) is 1. The first-order valence-electron chi connectivity index (χ1n) is 13.5. The number of carbonyl (C=O) groups is 2. The number of aromatic nitrogens is 4. The number of ether oxygens (including phenoxy) is 1. The molecule has 1 aliphatic carbocycles. The summed E-state index contributed by atoms with van der Waals surface area (Å²) >= 11 is 0. The maximum absolute atomic E-state index is 15.6. The van der Waals surface area contributed by atoms with E-state index in [1.165, 1.54) is 12.1 Å². The summed E-state index contributed by atoms with van der Waals surface area (Å²) in [5.41, 5.74) is 8.53. The average molecular weight is 544 g/mol. The molecule has 10 nitrogen and oxygen atoms in total. The number of anilines is 2. The predicted molar refractivity (Wildman–Crippen MR) is 148 cm³/mol. The number of nitrogens with zero attached hydrogens (tertiary/aromatic N) is 5. The zero-order chi connectivity index (χ0) is 28.0. The molecule has 2 fully saturated rings. The molecule has 1 aromatic carbocycles. The Kier molecular flexibility index (Phi) is 6.57. The second-order valence-electron chi connectivity index (χ2n) is 10.5. The Morgan fingerprint density at radius 3 is 2.75 bits per heavy atom. The van der Waals surface area contributed by atoms with Gasteiger partial charge in [0.25, 0.3) is 5.91 Å². The number of halogens is 1. The van der Waals surface area contributed by atoms with Gasteiger partial charge in [-0.25, -0.2) is 24.1 Å². The lowest BCUT2D eigenvalue weighted by atomic mass is 10.0. The van der Waals surface area contributed by atoms with Gasteiger partial charge in [0.2, 0.25) is 0 Å². The van der Waals surface area contributed by atoms with Crippen molar-refractivity contribution < 1.29 is 18.7 Å². The zero-order valence-corrected chi connectivity index (χ0v) is 22.3. The number of cyclic esters (lactones) is 1. The van der Waals surface area contributed by atoms with Crippen molar-refractivity contribution in [3.8, 4) is 11.3 Å². The summed E-state index contributed by atoms with van der Waals surface area (Å²) in [5.74, 6) is 0.552. The van der Waals surface area contributed by atoms with Crippen molar-refractivity contribution in [3.63, 3.8) is 0 Å². The Hall–Kier alpha value is -4.54. The number of benzene rings is 1. The third-order valence-electron chi connectivity index (χ3n) is 7.51. The first-order chi connectivity index (χ1) is 19.3. The first-order valence-corrected chi connectivity index (χ1v) is 13.5. The number of carbonyl (C=O) groups excluding carboxylic acids is 2. The van der Waals surface area contributed by atoms with Crippen LogP contribution in [0.15, 0.2) is 48.9 Å². The minimum absolute atomic E-state index is 0.155. The summed E-state index contributed by atoms with van der Waals surface area (Å²) in [7, 11) is 0. The van der Waals surface area contributed by atoms with Crippen molar-refractivity contribution in [3.05, 3.63) is 71.7 Å². The molecule has 2 atom stereocenters. The molecule has 1 saturated carbocycles. The maximum atomic E-state index is 15.6. The van der Waals surface area contributed by atoms with E-state index in [4.69, 9.17) is 15.5 Å². The highest BCUT2D eigenvalue weighted by Crippen LogP contribution is 2.40. The molecule has 1 aliphatic heterocycles. The second-order valence-corrected chi connectivity index (χ2v) is 10.5. The van der Waals surface area contributed by atoms with Gasteiger partial charge in [-0.2, -0.15) is 0 Å². The number of nitrogen functional groups attached to an aromatic ring is 1. The van der Waals surface area contributed by atoms with Crippen molar-refractivity contribution in [1.82, 2.24) is 24.3 Å². The Morgan fingerprint density at radius 2 is 2.05 bits per heavy atom. The van der Waals surface area contributed by atoms with E-state index >= 15 is 4.39 Å². The molecular weight excluding hydrogens is 513 g/mol. The van der Waals surface area contributed by atoms with Crippen LogP contribution in [-0.4, -0.2) is 55.4 Å². The quantitative estimate of drug-likeness (QED) is 0.321. The number of hydrogen-bond acceptors (Lipinski definition) is 7. The molecule has 6 rings (SSSR count). The van der Waals surface area contributed by atoms with Crippen LogP contribution in [0.4, 0.5) is 20.8 Å². The van der Waals surface area contributed by atoms with Crippen molar-refractivity contribution in [1.29, 1.82) is 0 Å². The molecule has 3 aromatic heterocycles. The van der Waals surface area contributed by atoms with Crippen LogP contribution in [-0.2, 0) is 4.74 Å². The van der Waals surface area contributed by atoms with Gasteiger partial charge in [-0.05, 0) is 68.0 Å². The molecular formula is C29H30FN7O3. The predicted octanol–water partition coefficient (Wildman–Crippen LogP) is 4.98. The largest absolute Gasteiger partial charge is 0.445 e. The van der Waals surface area contributed by atoms with E-state index < -0.39 is 11.7 Å². The molecule has 0 spiro atoms. The minimum Gasteiger partial charge on any atom is -0.445 e. The zero-order valence-electron chi connectivity index (χ0n) is 22.3. The molecule has 2 aliphatic rings. The lowest BCUT2D eigenvalue weighted by Crippen LogP contribution is -2.30. The van der Waals surface area contributed by atoms with Gasteiger partial charge in [0.05, 0.1) is 6.54 Å². The highest BCUT2D eigenvalue weighted by atomic mass is 19.1. The lowest BCUT2D eigenvalue weighted by molar-refractivity contribution is 0.102. The topological polar surface area (TPSA) is 128 Å². The van der Waals surface area contributed by atoms with Crippen molar-refractivity contribution in [2.75, 3.05) is 24.1 Å². The summed E-state index contributed by atoms with van der Waals surface area (Å²) in [6.45, 7) is 4.75. The van der Waals surface area contributed by atoms with Gasteiger partial charge in [0, 0.05) is 42.2 Å². The van der Waals surface area contributed by atoms with E-state index in [-0.39, 0.29) is 35.1 Å². The number of hydrogen-bond donors (Lipinski definition) is 2. The minimum atomic E-state index is -0.618. The lowest BCUT2D eigenvalue weighted by Gasteiger charge is -2.20. The highest BCUT2D eigenvalue weighted by molar-refractivity contribution is 6.04. The molecule has 206 valence electrons. The molecule has 2 amide bonds. The summed E-state index contributed by atoms with van der Waals surface area (Å²) in [6.07, 6.45) is 7.37. The number of amides is 2. The smallest absolute Gasteiger partial charge is 0.410 e. The van der Waals surface area contributed by atoms with Crippen LogP contribution in [0, 0.1) is 5.82 Å². The Morgan fingerprint density at radius 1 is 1.23 bits per heavy atom. The fraction of sp³-hybridized carbons (Fsp3) is 0.345. The van der Waals surface area contributed by atoms with Crippen LogP contribution >= 0.6 is 0 Å². The fourth-order valence-electron chi connectivity index (χ4n) is 5.26. The number of nitrogens with one attached hydrogen (secondary N) is 1. The van der Waals surface area contributed by atoms with E-state index in [1.54, 1.807) is 34.0 Å². The standard InChI is InChI=1S/C29H30FN7O3/c1-3-17(15-36-14-16(2)40-29(36)39)27-35-24(25-26(31)33-10-11-37(25)27)21-7-6-20(12-22(21)30)28(38)34-23-13-19(8-9-32-23)18-4-5-18/h6-13,16-18H,3-5,14-15H2,1-2H3,(H2,31,33)(H,32,34,38). The van der Waals surface area contributed by atoms with E-state index in [0.29, 0.717) is 48.3 Å². The van der Waals surface area contributed by atoms with E-state index in [0.717, 1.165) is 18.4 Å². The summed E-state index contributed by atoms with van der Waals surface area (Å²) in [5, 5.41) is 2.77. The maximum Gasteiger partial charge on any atom is 0.410 e. The summed E-state index contributed by atoms with van der Waals surface area (Å²) in [6, 6.07) is 8.07. The van der Waals surface area contributed by atoms with Crippen LogP contribution in [0.5, 0.6) is 0 Å². The molecule has 4 aromatic rings. The normalized spacial score (nSPS) is 17.7. The van der Waals surface area contributed by atoms with Crippen LogP contribution in [0.1, 0.15) is 66.7 Å². The van der Waals surface area contributed by atoms with Gasteiger partial charge >= 0.3 is 6.09 Å². The number of imidazole rings is 1. The second kappa shape index (κ2) is 10.2. The van der Waals surface area contributed by atoms with E-state index in [9.17, 15) is 9.59 Å². The van der Waals surface area contributed by atoms with Gasteiger partial charge in [-0.15, -0.1) is 0 Å². The van der Waals surface area contributed by atoms with Gasteiger partial charge in [-0.3, -0.25) is 9.20 Å². The molecule has 2 unspecified atom stereocenters. The summed E-state index contributed by atoms with van der Waals surface area (Å²) < 4.78 is 22.7. The van der Waals surface area contributed by atoms with Crippen LogP contribution < -0.4 is 11.1 Å². The van der Waals surface area contributed by atoms with Crippen molar-refractivity contribution >= 4 is 29.2 Å². The Labute approximate surface area is 230 Å². The third kappa shape index (κ3) is 4.83. The molecule has 40 heavy (non-hydrogen) atoms. The fourth-order valence-corrected chi connectivity index (χ4v) is 5.26. The third-order valence-corrected chi connectivity index (χ3v) is 7.51. The molecule has 1 saturated heterocycles. The molecule has 0 radical (unpaired) electrons. The Bertz CT molecular complexity index is 1620.